The number of nitrogens with one attached hydrogen (secondary N) is 2. The summed E-state index contributed by atoms with van der Waals surface area (Å²) < 4.78 is 0. The minimum Gasteiger partial charge on any atom is -0.370 e. The van der Waals surface area contributed by atoms with Crippen molar-refractivity contribution in [2.75, 3.05) is 11.9 Å². The molecule has 0 aromatic carbocycles. The predicted octanol–water partition coefficient (Wildman–Crippen LogP) is 2.99. The summed E-state index contributed by atoms with van der Waals surface area (Å²) in [4.78, 5) is 16.8. The summed E-state index contributed by atoms with van der Waals surface area (Å²) in [6.45, 7) is 7.08. The van der Waals surface area contributed by atoms with Gasteiger partial charge in [-0.3, -0.25) is 4.79 Å². The average molecular weight is 275 g/mol. The van der Waals surface area contributed by atoms with E-state index in [2.05, 4.69) is 29.5 Å². The zero-order chi connectivity index (χ0) is 14.5. The number of anilines is 1. The summed E-state index contributed by atoms with van der Waals surface area (Å²) in [7, 11) is 0. The number of hydrogen-bond donors (Lipinski definition) is 2. The number of aryl methyl sites for hydroxylation is 1. The molecule has 2 rings (SSSR count). The van der Waals surface area contributed by atoms with E-state index in [-0.39, 0.29) is 5.91 Å². The van der Waals surface area contributed by atoms with Crippen LogP contribution in [0, 0.1) is 5.92 Å². The monoisotopic (exact) mass is 275 g/mol. The molecule has 1 saturated carbocycles. The SMILES string of the molecule is CCCC1CC1NC(=O)c1cc(CC)nc(NCC)c1. The molecular weight excluding hydrogens is 250 g/mol. The van der Waals surface area contributed by atoms with Gasteiger partial charge in [0, 0.05) is 23.8 Å². The number of amides is 1. The molecule has 2 N–H and O–H groups in total. The van der Waals surface area contributed by atoms with Gasteiger partial charge in [-0.2, -0.15) is 0 Å². The Morgan fingerprint density at radius 2 is 2.15 bits per heavy atom. The summed E-state index contributed by atoms with van der Waals surface area (Å²) in [5.74, 6) is 1.51. The Labute approximate surface area is 121 Å². The van der Waals surface area contributed by atoms with Gasteiger partial charge < -0.3 is 10.6 Å². The normalized spacial score (nSPS) is 20.6. The maximum Gasteiger partial charge on any atom is 0.251 e. The first-order valence-corrected chi connectivity index (χ1v) is 7.73. The van der Waals surface area contributed by atoms with Crippen molar-refractivity contribution in [1.82, 2.24) is 10.3 Å². The molecule has 1 amide bonds. The van der Waals surface area contributed by atoms with Crippen molar-refractivity contribution in [3.63, 3.8) is 0 Å². The van der Waals surface area contributed by atoms with Crippen LogP contribution in [0.3, 0.4) is 0 Å². The summed E-state index contributed by atoms with van der Waals surface area (Å²) in [6.07, 6.45) is 4.37. The fourth-order valence-corrected chi connectivity index (χ4v) is 2.54. The van der Waals surface area contributed by atoms with Crippen LogP contribution in [0.2, 0.25) is 0 Å². The molecule has 1 aliphatic carbocycles. The molecule has 110 valence electrons. The van der Waals surface area contributed by atoms with Gasteiger partial charge in [-0.25, -0.2) is 4.98 Å². The van der Waals surface area contributed by atoms with Crippen molar-refractivity contribution in [2.45, 2.75) is 52.5 Å². The number of carbonyl (C=O) groups excluding carboxylic acids is 1. The Hall–Kier alpha value is -1.58. The summed E-state index contributed by atoms with van der Waals surface area (Å²) in [5.41, 5.74) is 1.67. The number of aromatic nitrogens is 1. The molecule has 0 saturated heterocycles. The first-order valence-electron chi connectivity index (χ1n) is 7.73. The Bertz CT molecular complexity index is 473. The summed E-state index contributed by atoms with van der Waals surface area (Å²) >= 11 is 0. The van der Waals surface area contributed by atoms with Crippen LogP contribution in [0.15, 0.2) is 12.1 Å². The fourth-order valence-electron chi connectivity index (χ4n) is 2.54. The molecule has 0 spiro atoms. The lowest BCUT2D eigenvalue weighted by molar-refractivity contribution is 0.0948. The highest BCUT2D eigenvalue weighted by atomic mass is 16.1. The number of carbonyl (C=O) groups is 1. The van der Waals surface area contributed by atoms with Crippen molar-refractivity contribution in [3.8, 4) is 0 Å². The number of nitrogens with zero attached hydrogens (tertiary/aromatic N) is 1. The van der Waals surface area contributed by atoms with E-state index in [4.69, 9.17) is 0 Å². The zero-order valence-electron chi connectivity index (χ0n) is 12.7. The molecule has 2 atom stereocenters. The van der Waals surface area contributed by atoms with Crippen LogP contribution >= 0.6 is 0 Å². The fraction of sp³-hybridized carbons (Fsp3) is 0.625. The Kier molecular flexibility index (Phi) is 4.99. The van der Waals surface area contributed by atoms with Gasteiger partial charge in [0.2, 0.25) is 0 Å². The quantitative estimate of drug-likeness (QED) is 0.804. The molecule has 1 fully saturated rings. The molecule has 4 nitrogen and oxygen atoms in total. The van der Waals surface area contributed by atoms with Crippen LogP contribution < -0.4 is 10.6 Å². The third-order valence-corrected chi connectivity index (χ3v) is 3.76. The van der Waals surface area contributed by atoms with E-state index in [1.807, 2.05) is 19.1 Å². The maximum absolute atomic E-state index is 12.3. The summed E-state index contributed by atoms with van der Waals surface area (Å²) in [6, 6.07) is 4.12. The lowest BCUT2D eigenvalue weighted by atomic mass is 10.1. The molecule has 4 heteroatoms. The second-order valence-corrected chi connectivity index (χ2v) is 5.48. The van der Waals surface area contributed by atoms with Gasteiger partial charge in [0.1, 0.15) is 5.82 Å². The maximum atomic E-state index is 12.3. The van der Waals surface area contributed by atoms with E-state index in [1.54, 1.807) is 0 Å². The lowest BCUT2D eigenvalue weighted by Crippen LogP contribution is -2.27. The molecule has 0 aliphatic heterocycles. The number of hydrogen-bond acceptors (Lipinski definition) is 3. The minimum atomic E-state index is 0.0323. The van der Waals surface area contributed by atoms with Crippen molar-refractivity contribution in [2.24, 2.45) is 5.92 Å². The van der Waals surface area contributed by atoms with Gasteiger partial charge in [0.25, 0.3) is 5.91 Å². The highest BCUT2D eigenvalue weighted by Gasteiger charge is 2.37. The second kappa shape index (κ2) is 6.73. The molecule has 0 radical (unpaired) electrons. The molecule has 20 heavy (non-hydrogen) atoms. The molecule has 1 aromatic rings. The van der Waals surface area contributed by atoms with Gasteiger partial charge >= 0.3 is 0 Å². The largest absolute Gasteiger partial charge is 0.370 e. The van der Waals surface area contributed by atoms with E-state index < -0.39 is 0 Å². The molecule has 1 aromatic heterocycles. The third kappa shape index (κ3) is 3.71. The molecule has 1 aliphatic rings. The van der Waals surface area contributed by atoms with E-state index in [1.165, 1.54) is 12.8 Å². The molecule has 0 bridgehead atoms. The smallest absolute Gasteiger partial charge is 0.251 e. The third-order valence-electron chi connectivity index (χ3n) is 3.76. The lowest BCUT2D eigenvalue weighted by Gasteiger charge is -2.09. The van der Waals surface area contributed by atoms with Gasteiger partial charge in [-0.15, -0.1) is 0 Å². The highest BCUT2D eigenvalue weighted by molar-refractivity contribution is 5.95. The van der Waals surface area contributed by atoms with Crippen molar-refractivity contribution < 1.29 is 4.79 Å². The van der Waals surface area contributed by atoms with Crippen LogP contribution in [0.5, 0.6) is 0 Å². The standard InChI is InChI=1S/C16H25N3O/c1-4-7-11-9-14(11)19-16(20)12-8-13(5-2)18-15(10-12)17-6-3/h8,10-11,14H,4-7,9H2,1-3H3,(H,17,18)(H,19,20). The topological polar surface area (TPSA) is 54.0 Å². The van der Waals surface area contributed by atoms with Gasteiger partial charge in [0.15, 0.2) is 0 Å². The second-order valence-electron chi connectivity index (χ2n) is 5.48. The molecule has 1 heterocycles. The predicted molar refractivity (Wildman–Crippen MR) is 82.0 cm³/mol. The van der Waals surface area contributed by atoms with Gasteiger partial charge in [0.05, 0.1) is 0 Å². The van der Waals surface area contributed by atoms with Crippen LogP contribution in [0.25, 0.3) is 0 Å². The highest BCUT2D eigenvalue weighted by Crippen LogP contribution is 2.34. The van der Waals surface area contributed by atoms with Crippen molar-refractivity contribution >= 4 is 11.7 Å². The Balaban J connectivity index is 2.03. The molecule has 2 unspecified atom stereocenters. The van der Waals surface area contributed by atoms with E-state index >= 15 is 0 Å². The van der Waals surface area contributed by atoms with Gasteiger partial charge in [-0.05, 0) is 44.2 Å². The van der Waals surface area contributed by atoms with Crippen LogP contribution in [-0.2, 0) is 6.42 Å². The van der Waals surface area contributed by atoms with E-state index in [9.17, 15) is 4.79 Å². The van der Waals surface area contributed by atoms with Crippen molar-refractivity contribution in [3.05, 3.63) is 23.4 Å². The first-order chi connectivity index (χ1) is 9.67. The van der Waals surface area contributed by atoms with Gasteiger partial charge in [-0.1, -0.05) is 20.3 Å². The van der Waals surface area contributed by atoms with Crippen LogP contribution in [0.1, 0.15) is 56.1 Å². The average Bonchev–Trinajstić information content (AvgIpc) is 3.17. The van der Waals surface area contributed by atoms with Crippen molar-refractivity contribution in [1.29, 1.82) is 0 Å². The minimum absolute atomic E-state index is 0.0323. The Morgan fingerprint density at radius 3 is 2.80 bits per heavy atom. The number of pyridine rings is 1. The Morgan fingerprint density at radius 1 is 1.35 bits per heavy atom. The zero-order valence-corrected chi connectivity index (χ0v) is 12.7. The van der Waals surface area contributed by atoms with E-state index in [0.717, 1.165) is 36.5 Å². The van der Waals surface area contributed by atoms with Crippen LogP contribution in [0.4, 0.5) is 5.82 Å². The molecular formula is C16H25N3O. The first kappa shape index (κ1) is 14.8. The summed E-state index contributed by atoms with van der Waals surface area (Å²) in [5, 5.41) is 6.32. The number of rotatable bonds is 7. The van der Waals surface area contributed by atoms with E-state index in [0.29, 0.717) is 12.0 Å². The van der Waals surface area contributed by atoms with Crippen LogP contribution in [-0.4, -0.2) is 23.5 Å².